The Bertz CT molecular complexity index is 1090. The number of carbonyl (C=O) groups excluding carboxylic acids is 2. The zero-order chi connectivity index (χ0) is 50.7. The van der Waals surface area contributed by atoms with Crippen molar-refractivity contribution in [2.45, 2.75) is 360 Å². The van der Waals surface area contributed by atoms with Gasteiger partial charge in [-0.25, -0.2) is 0 Å². The molecule has 0 bridgehead atoms. The number of esters is 1. The van der Waals surface area contributed by atoms with Crippen molar-refractivity contribution in [2.24, 2.45) is 0 Å². The highest BCUT2D eigenvalue weighted by Gasteiger charge is 2.18. The number of ether oxygens (including phenoxy) is 1. The lowest BCUT2D eigenvalue weighted by molar-refractivity contribution is -0.143. The summed E-state index contributed by atoms with van der Waals surface area (Å²) in [5.41, 5.74) is 0. The Kier molecular flexibility index (Phi) is 58.5. The Labute approximate surface area is 437 Å². The van der Waals surface area contributed by atoms with E-state index in [0.29, 0.717) is 19.4 Å². The van der Waals surface area contributed by atoms with Crippen LogP contribution in [0.1, 0.15) is 348 Å². The third-order valence-corrected chi connectivity index (χ3v) is 14.7. The van der Waals surface area contributed by atoms with Crippen molar-refractivity contribution < 1.29 is 24.5 Å². The van der Waals surface area contributed by atoms with Gasteiger partial charge >= 0.3 is 5.97 Å². The van der Waals surface area contributed by atoms with Gasteiger partial charge < -0.3 is 20.3 Å². The predicted molar refractivity (Wildman–Crippen MR) is 306 cm³/mol. The maximum Gasteiger partial charge on any atom is 0.305 e. The van der Waals surface area contributed by atoms with Crippen LogP contribution in [0.3, 0.4) is 0 Å². The quantitative estimate of drug-likeness (QED) is 0.0321. The number of nitrogens with one attached hydrogen (secondary N) is 1. The minimum absolute atomic E-state index is 0.00829. The molecule has 6 nitrogen and oxygen atoms in total. The van der Waals surface area contributed by atoms with E-state index >= 15 is 0 Å². The molecule has 0 radical (unpaired) electrons. The lowest BCUT2D eigenvalue weighted by Gasteiger charge is -2.20. The summed E-state index contributed by atoms with van der Waals surface area (Å²) in [4.78, 5) is 24.5. The van der Waals surface area contributed by atoms with Gasteiger partial charge in [0.15, 0.2) is 0 Å². The summed E-state index contributed by atoms with van der Waals surface area (Å²) in [6.07, 6.45) is 73.7. The van der Waals surface area contributed by atoms with E-state index in [0.717, 1.165) is 44.9 Å². The highest BCUT2D eigenvalue weighted by Crippen LogP contribution is 2.18. The molecule has 2 unspecified atom stereocenters. The lowest BCUT2D eigenvalue weighted by Crippen LogP contribution is -2.45. The summed E-state index contributed by atoms with van der Waals surface area (Å²) < 4.78 is 5.49. The van der Waals surface area contributed by atoms with Gasteiger partial charge in [-0.05, 0) is 57.8 Å². The monoisotopic (exact) mass is 986 g/mol. The fraction of sp³-hybridized carbons (Fsp3) is 0.906. The Morgan fingerprint density at radius 2 is 0.671 bits per heavy atom. The van der Waals surface area contributed by atoms with E-state index in [1.165, 1.54) is 276 Å². The van der Waals surface area contributed by atoms with Gasteiger partial charge in [0.05, 0.1) is 25.4 Å². The topological polar surface area (TPSA) is 95.9 Å². The number of amides is 1. The molecule has 0 aromatic rings. The van der Waals surface area contributed by atoms with Crippen molar-refractivity contribution in [3.63, 3.8) is 0 Å². The van der Waals surface area contributed by atoms with E-state index < -0.39 is 12.1 Å². The van der Waals surface area contributed by atoms with Crippen LogP contribution in [0, 0.1) is 0 Å². The molecule has 6 heteroatoms. The normalized spacial score (nSPS) is 12.7. The molecule has 0 saturated carbocycles. The van der Waals surface area contributed by atoms with Gasteiger partial charge in [-0.1, -0.05) is 301 Å². The van der Waals surface area contributed by atoms with E-state index in [2.05, 4.69) is 31.3 Å². The van der Waals surface area contributed by atoms with Crippen molar-refractivity contribution in [1.82, 2.24) is 5.32 Å². The fourth-order valence-electron chi connectivity index (χ4n) is 9.87. The lowest BCUT2D eigenvalue weighted by atomic mass is 10.0. The molecule has 70 heavy (non-hydrogen) atoms. The standard InChI is InChI=1S/C64H123NO5/c1-3-5-7-9-11-13-15-17-29-34-38-42-46-50-54-58-64(69)70-59-55-51-47-43-39-35-31-28-26-24-22-20-18-19-21-23-25-27-30-33-37-41-45-49-53-57-63(68)65-61(60-66)62(67)56-52-48-44-40-36-32-16-14-12-10-8-6-4-2/h17,29,52,56,61-62,66-67H,3-16,18-28,30-51,53-55,57-60H2,1-2H3,(H,65,68)/b29-17-,56-52+. The molecule has 0 rings (SSSR count). The van der Waals surface area contributed by atoms with Crippen LogP contribution < -0.4 is 5.32 Å². The minimum atomic E-state index is -0.842. The van der Waals surface area contributed by atoms with Crippen LogP contribution in [0.25, 0.3) is 0 Å². The molecule has 0 fully saturated rings. The summed E-state index contributed by atoms with van der Waals surface area (Å²) in [6.45, 7) is 4.91. The van der Waals surface area contributed by atoms with E-state index in [4.69, 9.17) is 4.74 Å². The summed E-state index contributed by atoms with van der Waals surface area (Å²) in [6, 6.07) is -0.625. The highest BCUT2D eigenvalue weighted by molar-refractivity contribution is 5.76. The second-order valence-electron chi connectivity index (χ2n) is 21.7. The summed E-state index contributed by atoms with van der Waals surface area (Å²) in [5.74, 6) is -0.0571. The van der Waals surface area contributed by atoms with Crippen molar-refractivity contribution in [2.75, 3.05) is 13.2 Å². The molecular weight excluding hydrogens is 863 g/mol. The largest absolute Gasteiger partial charge is 0.466 e. The third-order valence-electron chi connectivity index (χ3n) is 14.7. The first-order chi connectivity index (χ1) is 34.5. The van der Waals surface area contributed by atoms with Crippen molar-refractivity contribution >= 4 is 11.9 Å². The molecule has 414 valence electrons. The van der Waals surface area contributed by atoms with Crippen LogP contribution in [0.15, 0.2) is 24.3 Å². The van der Waals surface area contributed by atoms with Crippen LogP contribution in [0.4, 0.5) is 0 Å². The fourth-order valence-corrected chi connectivity index (χ4v) is 9.87. The Morgan fingerprint density at radius 3 is 1.01 bits per heavy atom. The summed E-state index contributed by atoms with van der Waals surface area (Å²) in [7, 11) is 0. The van der Waals surface area contributed by atoms with Gasteiger partial charge in [0.25, 0.3) is 0 Å². The van der Waals surface area contributed by atoms with Gasteiger partial charge in [0, 0.05) is 12.8 Å². The Morgan fingerprint density at radius 1 is 0.386 bits per heavy atom. The van der Waals surface area contributed by atoms with Gasteiger partial charge in [-0.3, -0.25) is 9.59 Å². The molecule has 0 aromatic carbocycles. The average Bonchev–Trinajstić information content (AvgIpc) is 3.36. The molecule has 0 aromatic heterocycles. The number of aliphatic hydroxyl groups excluding tert-OH is 2. The van der Waals surface area contributed by atoms with Crippen LogP contribution >= 0.6 is 0 Å². The second-order valence-corrected chi connectivity index (χ2v) is 21.7. The maximum atomic E-state index is 12.4. The van der Waals surface area contributed by atoms with Gasteiger partial charge in [0.2, 0.25) is 5.91 Å². The molecule has 1 amide bonds. The highest BCUT2D eigenvalue weighted by atomic mass is 16.5. The molecule has 0 aliphatic heterocycles. The van der Waals surface area contributed by atoms with Crippen LogP contribution in [-0.4, -0.2) is 47.4 Å². The Balaban J connectivity index is 3.36. The number of hydrogen-bond acceptors (Lipinski definition) is 5. The first-order valence-corrected chi connectivity index (χ1v) is 31.6. The third kappa shape index (κ3) is 55.7. The SMILES string of the molecule is CCCCCCCC/C=C\CCCCCCCC(=O)OCCCCCCCCCCCCCCCCCCCCCCCCCCCC(=O)NC(CO)C(O)/C=C/CCCCCCCCCCCCC. The average molecular weight is 987 g/mol. The molecule has 0 spiro atoms. The molecule has 0 saturated heterocycles. The molecule has 3 N–H and O–H groups in total. The number of allylic oxidation sites excluding steroid dienone is 3. The maximum absolute atomic E-state index is 12.4. The van der Waals surface area contributed by atoms with Crippen molar-refractivity contribution in [1.29, 1.82) is 0 Å². The number of rotatable bonds is 59. The molecule has 0 aliphatic carbocycles. The van der Waals surface area contributed by atoms with Gasteiger partial charge in [0.1, 0.15) is 0 Å². The van der Waals surface area contributed by atoms with Crippen LogP contribution in [-0.2, 0) is 14.3 Å². The molecule has 0 aliphatic rings. The Hall–Kier alpha value is -1.66. The first-order valence-electron chi connectivity index (χ1n) is 31.6. The van der Waals surface area contributed by atoms with Gasteiger partial charge in [-0.2, -0.15) is 0 Å². The molecular formula is C64H123NO5. The smallest absolute Gasteiger partial charge is 0.305 e. The number of hydrogen-bond donors (Lipinski definition) is 3. The zero-order valence-electron chi connectivity index (χ0n) is 47.3. The zero-order valence-corrected chi connectivity index (χ0v) is 47.3. The van der Waals surface area contributed by atoms with Crippen molar-refractivity contribution in [3.05, 3.63) is 24.3 Å². The number of carbonyl (C=O) groups is 2. The van der Waals surface area contributed by atoms with E-state index in [1.807, 2.05) is 6.08 Å². The first kappa shape index (κ1) is 68.3. The number of aliphatic hydroxyl groups is 2. The van der Waals surface area contributed by atoms with Crippen LogP contribution in [0.2, 0.25) is 0 Å². The summed E-state index contributed by atoms with van der Waals surface area (Å²) in [5, 5.41) is 23.1. The van der Waals surface area contributed by atoms with Crippen LogP contribution in [0.5, 0.6) is 0 Å². The molecule has 0 heterocycles. The minimum Gasteiger partial charge on any atom is -0.466 e. The van der Waals surface area contributed by atoms with E-state index in [1.54, 1.807) is 6.08 Å². The van der Waals surface area contributed by atoms with Crippen molar-refractivity contribution in [3.8, 4) is 0 Å². The second kappa shape index (κ2) is 59.9. The number of unbranched alkanes of at least 4 members (excludes halogenated alkanes) is 46. The molecule has 2 atom stereocenters. The predicted octanol–water partition coefficient (Wildman–Crippen LogP) is 19.8. The van der Waals surface area contributed by atoms with Gasteiger partial charge in [-0.15, -0.1) is 0 Å². The van der Waals surface area contributed by atoms with E-state index in [-0.39, 0.29) is 18.5 Å². The summed E-state index contributed by atoms with van der Waals surface area (Å²) >= 11 is 0. The van der Waals surface area contributed by atoms with E-state index in [9.17, 15) is 19.8 Å².